The number of aliphatic hydroxyl groups excluding tert-OH is 4. The van der Waals surface area contributed by atoms with E-state index in [0.29, 0.717) is 12.0 Å². The van der Waals surface area contributed by atoms with Crippen LogP contribution in [-0.4, -0.2) is 93.5 Å². The smallest absolute Gasteiger partial charge is 0.240 e. The molecule has 0 spiro atoms. The molecule has 4 bridgehead atoms. The number of nitrogens with one attached hydrogen (secondary N) is 1. The Bertz CT molecular complexity index is 798. The van der Waals surface area contributed by atoms with E-state index in [1.54, 1.807) is 4.90 Å². The molecule has 0 unspecified atom stereocenters. The number of amides is 1. The molecule has 1 aliphatic heterocycles. The lowest BCUT2D eigenvalue weighted by molar-refractivity contribution is -0.179. The third-order valence-corrected chi connectivity index (χ3v) is 9.87. The number of ether oxygens (including phenoxy) is 1. The number of carbonyl (C=O) groups excluding carboxylic acids is 1. The summed E-state index contributed by atoms with van der Waals surface area (Å²) < 4.78 is 6.22. The molecule has 0 radical (unpaired) electrons. The van der Waals surface area contributed by atoms with Crippen molar-refractivity contribution in [1.29, 1.82) is 0 Å². The highest BCUT2D eigenvalue weighted by Crippen LogP contribution is 2.60. The molecule has 1 heterocycles. The molecule has 40 heavy (non-hydrogen) atoms. The number of carbonyl (C=O) groups is 1. The first-order valence-corrected chi connectivity index (χ1v) is 15.5. The summed E-state index contributed by atoms with van der Waals surface area (Å²) in [6.07, 6.45) is 7.36. The minimum absolute atomic E-state index is 0. The van der Waals surface area contributed by atoms with Crippen LogP contribution in [0.25, 0.3) is 0 Å². The Morgan fingerprint density at radius 3 is 2.00 bits per heavy atom. The van der Waals surface area contributed by atoms with Gasteiger partial charge in [-0.1, -0.05) is 20.8 Å². The van der Waals surface area contributed by atoms with Crippen molar-refractivity contribution in [2.75, 3.05) is 26.4 Å². The first kappa shape index (κ1) is 34.0. The van der Waals surface area contributed by atoms with E-state index in [1.165, 1.54) is 38.5 Å². The topological polar surface area (TPSA) is 122 Å². The van der Waals surface area contributed by atoms with E-state index in [0.717, 1.165) is 56.7 Å². The van der Waals surface area contributed by atoms with Crippen LogP contribution in [-0.2, 0) is 9.53 Å². The van der Waals surface area contributed by atoms with E-state index in [2.05, 4.69) is 26.1 Å². The number of nitrogens with zero attached hydrogens (tertiary/aromatic N) is 1. The fourth-order valence-corrected chi connectivity index (χ4v) is 9.25. The Kier molecular flexibility index (Phi) is 11.4. The van der Waals surface area contributed by atoms with Gasteiger partial charge in [-0.25, -0.2) is 0 Å². The lowest BCUT2D eigenvalue weighted by atomic mass is 9.50. The number of likely N-dealkylation sites (tertiary alicyclic amines) is 1. The third-order valence-electron chi connectivity index (χ3n) is 9.87. The summed E-state index contributed by atoms with van der Waals surface area (Å²) in [7, 11) is 0. The average molecular weight is 589 g/mol. The van der Waals surface area contributed by atoms with Gasteiger partial charge in [-0.3, -0.25) is 9.69 Å². The summed E-state index contributed by atoms with van der Waals surface area (Å²) in [6.45, 7) is 11.9. The number of piperidine rings is 1. The van der Waals surface area contributed by atoms with Gasteiger partial charge in [-0.05, 0) is 113 Å². The molecular weight excluding hydrogens is 532 g/mol. The maximum absolute atomic E-state index is 13.5. The Labute approximate surface area is 248 Å². The van der Waals surface area contributed by atoms with Crippen molar-refractivity contribution in [3.63, 3.8) is 0 Å². The summed E-state index contributed by atoms with van der Waals surface area (Å²) in [6, 6.07) is -1.87. The summed E-state index contributed by atoms with van der Waals surface area (Å²) in [5.41, 5.74) is -0.113. The summed E-state index contributed by atoms with van der Waals surface area (Å²) in [5, 5.41) is 45.1. The van der Waals surface area contributed by atoms with Crippen LogP contribution in [0.2, 0.25) is 0 Å². The van der Waals surface area contributed by atoms with Gasteiger partial charge in [-0.2, -0.15) is 0 Å². The lowest BCUT2D eigenvalue weighted by Crippen LogP contribution is -2.71. The van der Waals surface area contributed by atoms with Crippen LogP contribution in [0.1, 0.15) is 98.8 Å². The fraction of sp³-hybridized carbons (Fsp3) is 0.968. The standard InChI is InChI=1S/C31H56N2O6.ClH/c1-29(2,3)18-30(4,5)32-28(38)24-26(36)27(37)25(35)23(17-34)33(24)9-7-6-8-10-39-19-31-14-20-11-21(15-31)13-22(12-20)16-31;/h20-27,34-37H,6-19H2,1-5H3,(H,32,38);1H/t20?,21?,22?,23-,24-,25+,26-,27-,31?;/m0./s1. The maximum Gasteiger partial charge on any atom is 0.240 e. The molecule has 5 fully saturated rings. The molecule has 4 aliphatic carbocycles. The van der Waals surface area contributed by atoms with Gasteiger partial charge in [-0.15, -0.1) is 12.4 Å². The molecule has 0 aromatic rings. The van der Waals surface area contributed by atoms with Gasteiger partial charge < -0.3 is 30.5 Å². The number of rotatable bonds is 12. The lowest BCUT2D eigenvalue weighted by Gasteiger charge is -2.56. The molecule has 4 saturated carbocycles. The zero-order valence-corrected chi connectivity index (χ0v) is 26.3. The average Bonchev–Trinajstić information content (AvgIpc) is 2.79. The van der Waals surface area contributed by atoms with Crippen LogP contribution in [0.3, 0.4) is 0 Å². The largest absolute Gasteiger partial charge is 0.395 e. The highest BCUT2D eigenvalue weighted by Gasteiger charge is 2.52. The third kappa shape index (κ3) is 8.12. The SMILES string of the molecule is CC(C)(C)CC(C)(C)NC(=O)[C@@H]1[C@H](O)[C@@H](O)[C@H](O)[C@H](CO)N1CCCCCOCC12CC3CC(CC(C3)C1)C2.Cl. The molecule has 8 nitrogen and oxygen atoms in total. The van der Waals surface area contributed by atoms with E-state index in [9.17, 15) is 25.2 Å². The van der Waals surface area contributed by atoms with Gasteiger partial charge in [0.2, 0.25) is 5.91 Å². The highest BCUT2D eigenvalue weighted by molar-refractivity contribution is 5.85. The minimum atomic E-state index is -1.50. The van der Waals surface area contributed by atoms with Crippen LogP contribution in [0, 0.1) is 28.6 Å². The van der Waals surface area contributed by atoms with Crippen LogP contribution in [0.4, 0.5) is 0 Å². The first-order valence-electron chi connectivity index (χ1n) is 15.5. The van der Waals surface area contributed by atoms with Crippen molar-refractivity contribution in [3.05, 3.63) is 0 Å². The Hall–Kier alpha value is -0.480. The first-order chi connectivity index (χ1) is 18.2. The molecule has 5 atom stereocenters. The molecular formula is C31H57ClN2O6. The monoisotopic (exact) mass is 588 g/mol. The summed E-state index contributed by atoms with van der Waals surface area (Å²) in [5.74, 6) is 2.40. The number of hydrogen-bond acceptors (Lipinski definition) is 7. The van der Waals surface area contributed by atoms with E-state index in [-0.39, 0.29) is 23.7 Å². The van der Waals surface area contributed by atoms with Gasteiger partial charge in [0.15, 0.2) is 0 Å². The molecule has 5 rings (SSSR count). The Morgan fingerprint density at radius 2 is 1.48 bits per heavy atom. The summed E-state index contributed by atoms with van der Waals surface area (Å²) >= 11 is 0. The van der Waals surface area contributed by atoms with Gasteiger partial charge in [0.25, 0.3) is 0 Å². The molecule has 5 N–H and O–H groups in total. The van der Waals surface area contributed by atoms with Crippen LogP contribution in [0.5, 0.6) is 0 Å². The summed E-state index contributed by atoms with van der Waals surface area (Å²) in [4.78, 5) is 15.2. The maximum atomic E-state index is 13.5. The molecule has 9 heteroatoms. The quantitative estimate of drug-likeness (QED) is 0.222. The molecule has 0 aromatic heterocycles. The number of halogens is 1. The Balaban J connectivity index is 0.00000441. The van der Waals surface area contributed by atoms with E-state index in [1.807, 2.05) is 13.8 Å². The van der Waals surface area contributed by atoms with Crippen LogP contribution in [0.15, 0.2) is 0 Å². The van der Waals surface area contributed by atoms with Gasteiger partial charge in [0.1, 0.15) is 24.4 Å². The zero-order chi connectivity index (χ0) is 28.6. The van der Waals surface area contributed by atoms with Crippen molar-refractivity contribution in [2.24, 2.45) is 28.6 Å². The second kappa shape index (κ2) is 13.4. The molecule has 1 saturated heterocycles. The van der Waals surface area contributed by atoms with Crippen molar-refractivity contribution in [3.8, 4) is 0 Å². The number of unbranched alkanes of at least 4 members (excludes halogenated alkanes) is 2. The zero-order valence-electron chi connectivity index (χ0n) is 25.5. The second-order valence-electron chi connectivity index (χ2n) is 15.5. The fourth-order valence-electron chi connectivity index (χ4n) is 9.25. The van der Waals surface area contributed by atoms with Crippen molar-refractivity contribution >= 4 is 18.3 Å². The second-order valence-corrected chi connectivity index (χ2v) is 15.5. The van der Waals surface area contributed by atoms with Crippen molar-refractivity contribution in [1.82, 2.24) is 10.2 Å². The predicted octanol–water partition coefficient (Wildman–Crippen LogP) is 3.27. The highest BCUT2D eigenvalue weighted by atomic mass is 35.5. The van der Waals surface area contributed by atoms with Gasteiger partial charge in [0, 0.05) is 12.1 Å². The minimum Gasteiger partial charge on any atom is -0.395 e. The van der Waals surface area contributed by atoms with E-state index < -0.39 is 42.5 Å². The number of aliphatic hydroxyl groups is 4. The molecule has 1 amide bonds. The normalized spacial score (nSPS) is 37.8. The number of hydrogen-bond donors (Lipinski definition) is 5. The van der Waals surface area contributed by atoms with E-state index in [4.69, 9.17) is 4.74 Å². The molecule has 0 aromatic carbocycles. The molecule has 234 valence electrons. The van der Waals surface area contributed by atoms with E-state index >= 15 is 0 Å². The van der Waals surface area contributed by atoms with Crippen molar-refractivity contribution < 1.29 is 30.0 Å². The predicted molar refractivity (Wildman–Crippen MR) is 158 cm³/mol. The van der Waals surface area contributed by atoms with Crippen molar-refractivity contribution in [2.45, 2.75) is 135 Å². The van der Waals surface area contributed by atoms with Crippen LogP contribution >= 0.6 is 12.4 Å². The van der Waals surface area contributed by atoms with Gasteiger partial charge >= 0.3 is 0 Å². The molecule has 5 aliphatic rings. The van der Waals surface area contributed by atoms with Gasteiger partial charge in [0.05, 0.1) is 19.3 Å². The Morgan fingerprint density at radius 1 is 0.900 bits per heavy atom. The van der Waals surface area contributed by atoms with Crippen LogP contribution < -0.4 is 5.32 Å².